The first kappa shape index (κ1) is 29.7. The molecule has 0 spiro atoms. The average molecular weight is 629 g/mol. The molecule has 5 rings (SSSR count). The van der Waals surface area contributed by atoms with Crippen LogP contribution in [0, 0.1) is 13.8 Å². The number of aliphatic hydroxyl groups excluding tert-OH is 1. The molecule has 4 aromatic rings. The van der Waals surface area contributed by atoms with Gasteiger partial charge in [-0.1, -0.05) is 34.5 Å². The summed E-state index contributed by atoms with van der Waals surface area (Å²) < 4.78 is 14.8. The molecule has 0 saturated heterocycles. The van der Waals surface area contributed by atoms with Crippen molar-refractivity contribution in [2.75, 3.05) is 11.9 Å². The topological polar surface area (TPSA) is 142 Å². The van der Waals surface area contributed by atoms with Gasteiger partial charge in [-0.25, -0.2) is 4.68 Å². The highest BCUT2D eigenvalue weighted by Gasteiger charge is 2.28. The lowest BCUT2D eigenvalue weighted by atomic mass is 10.0. The zero-order valence-electron chi connectivity index (χ0n) is 22.8. The number of hydrogen-bond acceptors (Lipinski definition) is 6. The molecule has 1 aliphatic rings. The summed E-state index contributed by atoms with van der Waals surface area (Å²) in [5.41, 5.74) is 5.42. The molecule has 3 heterocycles. The summed E-state index contributed by atoms with van der Waals surface area (Å²) in [5.74, 6) is -0.350. The fraction of sp³-hybridized carbons (Fsp3) is 0.241. The van der Waals surface area contributed by atoms with Crippen molar-refractivity contribution in [1.82, 2.24) is 25.3 Å². The summed E-state index contributed by atoms with van der Waals surface area (Å²) in [6, 6.07) is 10.4. The number of carbonyl (C=O) groups excluding carboxylic acids is 2. The maximum Gasteiger partial charge on any atom is 0.256 e. The molecule has 1 aliphatic heterocycles. The number of aryl methyl sites for hydroxylation is 1. The number of hydrogen-bond donors (Lipinski definition) is 4. The van der Waals surface area contributed by atoms with Crippen LogP contribution in [0.5, 0.6) is 0 Å². The number of thiol groups is 1. The van der Waals surface area contributed by atoms with Gasteiger partial charge in [0.25, 0.3) is 5.91 Å². The lowest BCUT2D eigenvalue weighted by Gasteiger charge is -2.12. The summed E-state index contributed by atoms with van der Waals surface area (Å²) in [5, 5.41) is 24.2. The Morgan fingerprint density at radius 3 is 2.67 bits per heavy atom. The quantitative estimate of drug-likeness (QED) is 0.119. The average Bonchev–Trinajstić information content (AvgIpc) is 3.64. The van der Waals surface area contributed by atoms with Gasteiger partial charge in [-0.05, 0) is 55.3 Å². The molecule has 42 heavy (non-hydrogen) atoms. The SMILES string of the molecule is Cc1[nH]c(/C=C2\C(=O)Nc3ccc([SH+](=O)Cc4c(Cl)cccc4Cl)cc32)c(C)c1CC(=O)NCC(O)Cn1ccnn1. The van der Waals surface area contributed by atoms with Gasteiger partial charge in [-0.15, -0.1) is 9.31 Å². The van der Waals surface area contributed by atoms with E-state index in [0.29, 0.717) is 43.0 Å². The van der Waals surface area contributed by atoms with Crippen LogP contribution in [0.15, 0.2) is 53.7 Å². The van der Waals surface area contributed by atoms with E-state index in [2.05, 4.69) is 25.9 Å². The molecular formula is C29H29Cl2N6O4S+. The third-order valence-electron chi connectivity index (χ3n) is 7.10. The van der Waals surface area contributed by atoms with Gasteiger partial charge in [0.2, 0.25) is 5.91 Å². The van der Waals surface area contributed by atoms with E-state index in [1.54, 1.807) is 48.7 Å². The first-order chi connectivity index (χ1) is 20.1. The molecule has 218 valence electrons. The number of amides is 2. The normalized spacial score (nSPS) is 15.0. The molecule has 2 amide bonds. The maximum atomic E-state index is 13.3. The minimum atomic E-state index is -1.88. The van der Waals surface area contributed by atoms with Crippen molar-refractivity contribution >= 4 is 63.2 Å². The first-order valence-corrected chi connectivity index (χ1v) is 15.3. The van der Waals surface area contributed by atoms with Gasteiger partial charge in [0, 0.05) is 57.1 Å². The number of aromatic nitrogens is 4. The van der Waals surface area contributed by atoms with Crippen LogP contribution in [0.2, 0.25) is 10.0 Å². The number of nitrogens with zero attached hydrogens (tertiary/aromatic N) is 3. The van der Waals surface area contributed by atoms with E-state index in [0.717, 1.165) is 16.8 Å². The zero-order valence-corrected chi connectivity index (χ0v) is 25.2. The number of aliphatic hydroxyl groups is 1. The van der Waals surface area contributed by atoms with Gasteiger partial charge in [0.15, 0.2) is 4.90 Å². The van der Waals surface area contributed by atoms with E-state index >= 15 is 0 Å². The highest BCUT2D eigenvalue weighted by molar-refractivity contribution is 7.84. The highest BCUT2D eigenvalue weighted by atomic mass is 35.5. The minimum absolute atomic E-state index is 0.0718. The zero-order chi connectivity index (χ0) is 30.0. The summed E-state index contributed by atoms with van der Waals surface area (Å²) in [6.07, 6.45) is 4.18. The van der Waals surface area contributed by atoms with Crippen LogP contribution in [0.3, 0.4) is 0 Å². The second-order valence-electron chi connectivity index (χ2n) is 10.0. The van der Waals surface area contributed by atoms with Gasteiger partial charge in [-0.3, -0.25) is 9.59 Å². The molecule has 13 heteroatoms. The number of fused-ring (bicyclic) bond motifs is 1. The third-order valence-corrected chi connectivity index (χ3v) is 9.27. The number of aromatic amines is 1. The van der Waals surface area contributed by atoms with Crippen molar-refractivity contribution in [3.63, 3.8) is 0 Å². The molecule has 0 saturated carbocycles. The lowest BCUT2D eigenvalue weighted by Crippen LogP contribution is -2.35. The van der Waals surface area contributed by atoms with Crippen LogP contribution in [0.25, 0.3) is 11.6 Å². The van der Waals surface area contributed by atoms with E-state index in [1.807, 2.05) is 13.8 Å². The Morgan fingerprint density at radius 2 is 1.95 bits per heavy atom. The summed E-state index contributed by atoms with van der Waals surface area (Å²) in [4.78, 5) is 29.5. The predicted molar refractivity (Wildman–Crippen MR) is 164 cm³/mol. The van der Waals surface area contributed by atoms with Crippen molar-refractivity contribution in [3.8, 4) is 0 Å². The van der Waals surface area contributed by atoms with E-state index < -0.39 is 16.9 Å². The predicted octanol–water partition coefficient (Wildman–Crippen LogP) is 4.00. The third kappa shape index (κ3) is 6.49. The Kier molecular flexibility index (Phi) is 8.93. The molecule has 2 unspecified atom stereocenters. The minimum Gasteiger partial charge on any atom is -0.389 e. The molecule has 2 aromatic carbocycles. The van der Waals surface area contributed by atoms with E-state index in [1.165, 1.54) is 10.9 Å². The van der Waals surface area contributed by atoms with Gasteiger partial charge < -0.3 is 20.7 Å². The fourth-order valence-electron chi connectivity index (χ4n) is 4.83. The number of carbonyl (C=O) groups is 2. The Labute approximate surface area is 254 Å². The Morgan fingerprint density at radius 1 is 1.19 bits per heavy atom. The fourth-order valence-corrected chi connectivity index (χ4v) is 6.87. The van der Waals surface area contributed by atoms with Crippen LogP contribution < -0.4 is 10.6 Å². The number of H-pyrrole nitrogens is 1. The van der Waals surface area contributed by atoms with Crippen molar-refractivity contribution in [1.29, 1.82) is 0 Å². The Balaban J connectivity index is 1.32. The molecule has 0 fully saturated rings. The number of halogens is 2. The molecule has 10 nitrogen and oxygen atoms in total. The molecule has 2 aromatic heterocycles. The van der Waals surface area contributed by atoms with Crippen LogP contribution >= 0.6 is 23.2 Å². The molecule has 4 N–H and O–H groups in total. The molecule has 2 atom stereocenters. The maximum absolute atomic E-state index is 13.3. The van der Waals surface area contributed by atoms with E-state index in [9.17, 15) is 18.9 Å². The molecule has 0 bridgehead atoms. The first-order valence-electron chi connectivity index (χ1n) is 13.1. The summed E-state index contributed by atoms with van der Waals surface area (Å²) in [6.45, 7) is 4.03. The van der Waals surface area contributed by atoms with Crippen molar-refractivity contribution in [2.45, 2.75) is 43.6 Å². The number of nitrogens with one attached hydrogen (secondary N) is 3. The monoisotopic (exact) mass is 627 g/mol. The van der Waals surface area contributed by atoms with E-state index in [4.69, 9.17) is 23.2 Å². The molecule has 0 radical (unpaired) electrons. The van der Waals surface area contributed by atoms with Gasteiger partial charge >= 0.3 is 0 Å². The highest BCUT2D eigenvalue weighted by Crippen LogP contribution is 2.36. The molecular weight excluding hydrogens is 599 g/mol. The lowest BCUT2D eigenvalue weighted by molar-refractivity contribution is -0.121. The second-order valence-corrected chi connectivity index (χ2v) is 12.4. The second kappa shape index (κ2) is 12.6. The van der Waals surface area contributed by atoms with Crippen LogP contribution in [-0.4, -0.2) is 49.5 Å². The smallest absolute Gasteiger partial charge is 0.256 e. The van der Waals surface area contributed by atoms with Crippen molar-refractivity contribution < 1.29 is 18.9 Å². The van der Waals surface area contributed by atoms with Gasteiger partial charge in [0.1, 0.15) is 16.6 Å². The van der Waals surface area contributed by atoms with Crippen LogP contribution in [-0.2, 0) is 43.3 Å². The Hall–Kier alpha value is -3.77. The Bertz CT molecular complexity index is 1700. The van der Waals surface area contributed by atoms with Crippen molar-refractivity contribution in [2.24, 2.45) is 0 Å². The number of anilines is 1. The number of benzene rings is 2. The number of rotatable bonds is 10. The van der Waals surface area contributed by atoms with Crippen LogP contribution in [0.1, 0.15) is 33.6 Å². The van der Waals surface area contributed by atoms with Crippen LogP contribution in [0.4, 0.5) is 5.69 Å². The largest absolute Gasteiger partial charge is 0.389 e. The molecule has 0 aliphatic carbocycles. The van der Waals surface area contributed by atoms with Crippen molar-refractivity contribution in [3.05, 3.63) is 92.5 Å². The van der Waals surface area contributed by atoms with E-state index in [-0.39, 0.29) is 37.1 Å². The summed E-state index contributed by atoms with van der Waals surface area (Å²) in [7, 11) is -1.88. The van der Waals surface area contributed by atoms with Gasteiger partial charge in [0.05, 0.1) is 30.8 Å². The van der Waals surface area contributed by atoms with Gasteiger partial charge in [-0.2, -0.15) is 0 Å². The summed E-state index contributed by atoms with van der Waals surface area (Å²) >= 11 is 12.6. The standard InChI is InChI=1S/C29H28Cl2N6O4S/c1-16-20(12-28(39)32-13-18(38)14-37-9-8-33-36-37)17(2)34-27(16)11-22-21-10-19(6-7-26(21)35-29(22)40)42(41)15-23-24(30)4-3-5-25(23)31/h3-11,18,34,38H,12-15H2,1-2H3,(H,32,39)(H,35,40)/p+1/b22-11-.